The summed E-state index contributed by atoms with van der Waals surface area (Å²) in [7, 11) is 0. The van der Waals surface area contributed by atoms with Crippen molar-refractivity contribution in [3.63, 3.8) is 0 Å². The summed E-state index contributed by atoms with van der Waals surface area (Å²) < 4.78 is 17.1. The highest BCUT2D eigenvalue weighted by Gasteiger charge is 2.12. The zero-order chi connectivity index (χ0) is 10.8. The molecule has 0 aliphatic carbocycles. The van der Waals surface area contributed by atoms with Crippen LogP contribution in [0.15, 0.2) is 27.6 Å². The summed E-state index contributed by atoms with van der Waals surface area (Å²) in [6.07, 6.45) is 0. The smallest absolute Gasteiger partial charge is 0.152 e. The van der Waals surface area contributed by atoms with Crippen LogP contribution < -0.4 is 4.72 Å². The van der Waals surface area contributed by atoms with Crippen molar-refractivity contribution in [2.24, 2.45) is 0 Å². The van der Waals surface area contributed by atoms with Gasteiger partial charge in [0.05, 0.1) is 9.37 Å². The topological polar surface area (TPSA) is 12.0 Å². The zero-order valence-electron chi connectivity index (χ0n) is 8.40. The molecule has 0 aliphatic heterocycles. The third kappa shape index (κ3) is 3.59. The second-order valence-corrected chi connectivity index (χ2v) is 5.71. The second-order valence-electron chi connectivity index (χ2n) is 4.01. The Morgan fingerprint density at radius 1 is 1.36 bits per heavy atom. The molecule has 1 aromatic carbocycles. The molecule has 0 saturated carbocycles. The van der Waals surface area contributed by atoms with Crippen molar-refractivity contribution in [1.29, 1.82) is 0 Å². The molecular formula is C10H13BrFNS. The Labute approximate surface area is 96.7 Å². The van der Waals surface area contributed by atoms with E-state index in [1.807, 2.05) is 26.8 Å². The van der Waals surface area contributed by atoms with Gasteiger partial charge in [-0.2, -0.15) is 0 Å². The van der Waals surface area contributed by atoms with Gasteiger partial charge in [0.2, 0.25) is 0 Å². The Bertz CT molecular complexity index is 322. The fraction of sp³-hybridized carbons (Fsp3) is 0.400. The van der Waals surface area contributed by atoms with Crippen molar-refractivity contribution in [2.45, 2.75) is 31.2 Å². The Kier molecular flexibility index (Phi) is 3.98. The van der Waals surface area contributed by atoms with Crippen molar-refractivity contribution in [3.05, 3.63) is 28.5 Å². The first kappa shape index (κ1) is 12.0. The lowest BCUT2D eigenvalue weighted by Gasteiger charge is -2.19. The summed E-state index contributed by atoms with van der Waals surface area (Å²) in [5.74, 6) is -0.214. The predicted molar refractivity (Wildman–Crippen MR) is 62.8 cm³/mol. The molecule has 0 atom stereocenters. The van der Waals surface area contributed by atoms with Crippen molar-refractivity contribution in [2.75, 3.05) is 0 Å². The number of hydrogen-bond acceptors (Lipinski definition) is 2. The normalized spacial score (nSPS) is 11.8. The minimum atomic E-state index is -0.214. The summed E-state index contributed by atoms with van der Waals surface area (Å²) in [6.45, 7) is 6.11. The summed E-state index contributed by atoms with van der Waals surface area (Å²) >= 11 is 4.46. The third-order valence-corrected chi connectivity index (χ3v) is 3.25. The fourth-order valence-electron chi connectivity index (χ4n) is 0.771. The van der Waals surface area contributed by atoms with E-state index in [0.29, 0.717) is 9.37 Å². The van der Waals surface area contributed by atoms with Gasteiger partial charge in [-0.05, 0) is 60.8 Å². The number of nitrogens with one attached hydrogen (secondary N) is 1. The highest BCUT2D eigenvalue weighted by Crippen LogP contribution is 2.26. The Morgan fingerprint density at radius 2 is 2.00 bits per heavy atom. The van der Waals surface area contributed by atoms with Crippen LogP contribution in [-0.2, 0) is 0 Å². The lowest BCUT2D eigenvalue weighted by molar-refractivity contribution is 0.533. The van der Waals surface area contributed by atoms with E-state index < -0.39 is 0 Å². The molecule has 0 amide bonds. The molecule has 0 saturated heterocycles. The Hall–Kier alpha value is -0.0600. The van der Waals surface area contributed by atoms with Gasteiger partial charge in [0.1, 0.15) is 0 Å². The molecule has 0 spiro atoms. The third-order valence-electron chi connectivity index (χ3n) is 1.38. The zero-order valence-corrected chi connectivity index (χ0v) is 10.8. The average Bonchev–Trinajstić information content (AvgIpc) is 2.06. The monoisotopic (exact) mass is 277 g/mol. The van der Waals surface area contributed by atoms with Crippen LogP contribution in [0.1, 0.15) is 20.8 Å². The first-order chi connectivity index (χ1) is 6.40. The van der Waals surface area contributed by atoms with Crippen molar-refractivity contribution in [3.8, 4) is 0 Å². The van der Waals surface area contributed by atoms with Crippen LogP contribution in [0.5, 0.6) is 0 Å². The van der Waals surface area contributed by atoms with E-state index in [0.717, 1.165) is 0 Å². The first-order valence-corrected chi connectivity index (χ1v) is 5.89. The van der Waals surface area contributed by atoms with E-state index in [4.69, 9.17) is 0 Å². The van der Waals surface area contributed by atoms with Crippen molar-refractivity contribution >= 4 is 27.9 Å². The van der Waals surface area contributed by atoms with E-state index >= 15 is 0 Å². The molecule has 14 heavy (non-hydrogen) atoms. The molecule has 1 aromatic rings. The van der Waals surface area contributed by atoms with Crippen LogP contribution in [0, 0.1) is 5.82 Å². The van der Waals surface area contributed by atoms with Gasteiger partial charge in [-0.15, -0.1) is 0 Å². The minimum absolute atomic E-state index is 0.0283. The van der Waals surface area contributed by atoms with Gasteiger partial charge in [-0.1, -0.05) is 6.07 Å². The predicted octanol–water partition coefficient (Wildman–Crippen LogP) is 3.98. The highest BCUT2D eigenvalue weighted by atomic mass is 79.9. The second kappa shape index (κ2) is 4.64. The largest absolute Gasteiger partial charge is 0.254 e. The summed E-state index contributed by atoms with van der Waals surface area (Å²) in [5, 5.41) is 0. The molecule has 0 bridgehead atoms. The minimum Gasteiger partial charge on any atom is -0.254 e. The lowest BCUT2D eigenvalue weighted by Crippen LogP contribution is -2.29. The van der Waals surface area contributed by atoms with E-state index in [2.05, 4.69) is 20.7 Å². The number of hydrogen-bond donors (Lipinski definition) is 1. The molecular weight excluding hydrogens is 265 g/mol. The first-order valence-electron chi connectivity index (χ1n) is 4.28. The van der Waals surface area contributed by atoms with Gasteiger partial charge < -0.3 is 0 Å². The SMILES string of the molecule is CC(C)(C)NSc1cccc(Br)c1F. The van der Waals surface area contributed by atoms with Gasteiger partial charge in [0, 0.05) is 5.54 Å². The Balaban J connectivity index is 2.73. The molecule has 4 heteroatoms. The quantitative estimate of drug-likeness (QED) is 0.821. The molecule has 0 heterocycles. The van der Waals surface area contributed by atoms with Crippen LogP contribution in [0.25, 0.3) is 0 Å². The van der Waals surface area contributed by atoms with E-state index in [1.54, 1.807) is 12.1 Å². The van der Waals surface area contributed by atoms with Gasteiger partial charge >= 0.3 is 0 Å². The van der Waals surface area contributed by atoms with Gasteiger partial charge in [0.15, 0.2) is 5.82 Å². The molecule has 1 N–H and O–H groups in total. The van der Waals surface area contributed by atoms with Crippen LogP contribution >= 0.6 is 27.9 Å². The van der Waals surface area contributed by atoms with Gasteiger partial charge in [-0.25, -0.2) is 4.39 Å². The maximum absolute atomic E-state index is 13.5. The van der Waals surface area contributed by atoms with Crippen LogP contribution in [0.2, 0.25) is 0 Å². The lowest BCUT2D eigenvalue weighted by atomic mass is 10.1. The molecule has 1 rings (SSSR count). The number of benzene rings is 1. The maximum atomic E-state index is 13.5. The standard InChI is InChI=1S/C10H13BrFNS/c1-10(2,3)13-14-8-6-4-5-7(11)9(8)12/h4-6,13H,1-3H3. The van der Waals surface area contributed by atoms with Gasteiger partial charge in [0.25, 0.3) is 0 Å². The van der Waals surface area contributed by atoms with Crippen molar-refractivity contribution < 1.29 is 4.39 Å². The summed E-state index contributed by atoms with van der Waals surface area (Å²) in [6, 6.07) is 5.26. The molecule has 1 nitrogen and oxygen atoms in total. The van der Waals surface area contributed by atoms with Gasteiger partial charge in [-0.3, -0.25) is 4.72 Å². The summed E-state index contributed by atoms with van der Waals surface area (Å²) in [5.41, 5.74) is -0.0283. The molecule has 0 aromatic heterocycles. The fourth-order valence-corrected chi connectivity index (χ4v) is 2.03. The molecule has 78 valence electrons. The van der Waals surface area contributed by atoms with Crippen LogP contribution in [-0.4, -0.2) is 5.54 Å². The average molecular weight is 278 g/mol. The Morgan fingerprint density at radius 3 is 2.57 bits per heavy atom. The number of halogens is 2. The van der Waals surface area contributed by atoms with Crippen LogP contribution in [0.4, 0.5) is 4.39 Å². The summed E-state index contributed by atoms with van der Waals surface area (Å²) in [4.78, 5) is 0.606. The van der Waals surface area contributed by atoms with E-state index in [-0.39, 0.29) is 11.4 Å². The van der Waals surface area contributed by atoms with E-state index in [1.165, 1.54) is 11.9 Å². The van der Waals surface area contributed by atoms with Crippen LogP contribution in [0.3, 0.4) is 0 Å². The van der Waals surface area contributed by atoms with E-state index in [9.17, 15) is 4.39 Å². The molecule has 0 fully saturated rings. The molecule has 0 aliphatic rings. The maximum Gasteiger partial charge on any atom is 0.152 e. The molecule has 0 unspecified atom stereocenters. The number of rotatable bonds is 2. The highest BCUT2D eigenvalue weighted by molar-refractivity contribution is 9.10. The van der Waals surface area contributed by atoms with Crippen molar-refractivity contribution in [1.82, 2.24) is 4.72 Å². The molecule has 0 radical (unpaired) electrons.